The van der Waals surface area contributed by atoms with Crippen molar-refractivity contribution in [1.82, 2.24) is 4.90 Å². The molecule has 11 heteroatoms. The highest BCUT2D eigenvalue weighted by molar-refractivity contribution is 8.18. The third kappa shape index (κ3) is 7.06. The third-order valence-corrected chi connectivity index (χ3v) is 7.07. The molecule has 0 aromatic heterocycles. The molecule has 1 heterocycles. The van der Waals surface area contributed by atoms with Crippen LogP contribution < -0.4 is 19.5 Å². The van der Waals surface area contributed by atoms with Crippen molar-refractivity contribution < 1.29 is 28.6 Å². The minimum absolute atomic E-state index is 0.153. The standard InChI is InChI=1S/C28H24Cl2N2O6S/c1-3-37-23-13-17(12-22(30)26(23)38-16-18-6-4-5-7-21(18)29)14-24-27(34)32(28(35)39-24)15-25(33)31-19-8-10-20(36-2)11-9-19/h4-14H,3,15-16H2,1-2H3,(H,31,33)/b24-14+. The van der Waals surface area contributed by atoms with Gasteiger partial charge in [0.15, 0.2) is 11.5 Å². The van der Waals surface area contributed by atoms with E-state index in [9.17, 15) is 14.4 Å². The number of hydrogen-bond donors (Lipinski definition) is 1. The van der Waals surface area contributed by atoms with Crippen LogP contribution in [0.2, 0.25) is 10.0 Å². The maximum Gasteiger partial charge on any atom is 0.294 e. The van der Waals surface area contributed by atoms with Crippen LogP contribution in [0.1, 0.15) is 18.1 Å². The number of ether oxygens (including phenoxy) is 3. The lowest BCUT2D eigenvalue weighted by Gasteiger charge is -2.15. The monoisotopic (exact) mass is 586 g/mol. The zero-order valence-electron chi connectivity index (χ0n) is 21.0. The molecule has 1 N–H and O–H groups in total. The van der Waals surface area contributed by atoms with Crippen molar-refractivity contribution >= 4 is 63.8 Å². The molecule has 0 atom stereocenters. The lowest BCUT2D eigenvalue weighted by atomic mass is 10.1. The second-order valence-corrected chi connectivity index (χ2v) is 10.00. The Morgan fingerprint density at radius 3 is 2.46 bits per heavy atom. The molecule has 0 saturated carbocycles. The average Bonchev–Trinajstić information content (AvgIpc) is 3.17. The molecule has 0 radical (unpaired) electrons. The van der Waals surface area contributed by atoms with Crippen molar-refractivity contribution in [2.45, 2.75) is 13.5 Å². The average molecular weight is 587 g/mol. The first kappa shape index (κ1) is 28.4. The van der Waals surface area contributed by atoms with Gasteiger partial charge in [-0.2, -0.15) is 0 Å². The quantitative estimate of drug-likeness (QED) is 0.265. The summed E-state index contributed by atoms with van der Waals surface area (Å²) in [6.45, 7) is 1.92. The number of carbonyl (C=O) groups excluding carboxylic acids is 3. The molecule has 1 aliphatic heterocycles. The van der Waals surface area contributed by atoms with Crippen LogP contribution in [0.15, 0.2) is 65.6 Å². The Labute approximate surface area is 239 Å². The number of thioether (sulfide) groups is 1. The van der Waals surface area contributed by atoms with Crippen molar-refractivity contribution in [2.75, 3.05) is 25.6 Å². The Bertz CT molecular complexity index is 1430. The van der Waals surface area contributed by atoms with Gasteiger partial charge >= 0.3 is 0 Å². The van der Waals surface area contributed by atoms with Gasteiger partial charge in [0.05, 0.1) is 23.6 Å². The Balaban J connectivity index is 1.48. The topological polar surface area (TPSA) is 94.2 Å². The minimum Gasteiger partial charge on any atom is -0.497 e. The molecule has 1 saturated heterocycles. The molecule has 8 nitrogen and oxygen atoms in total. The van der Waals surface area contributed by atoms with E-state index in [1.807, 2.05) is 25.1 Å². The van der Waals surface area contributed by atoms with E-state index in [1.54, 1.807) is 42.5 Å². The predicted molar refractivity (Wildman–Crippen MR) is 153 cm³/mol. The van der Waals surface area contributed by atoms with E-state index < -0.39 is 23.6 Å². The summed E-state index contributed by atoms with van der Waals surface area (Å²) in [5.41, 5.74) is 1.83. The van der Waals surface area contributed by atoms with E-state index in [1.165, 1.54) is 13.2 Å². The molecule has 0 unspecified atom stereocenters. The van der Waals surface area contributed by atoms with E-state index in [2.05, 4.69) is 5.32 Å². The van der Waals surface area contributed by atoms with Crippen LogP contribution in [-0.4, -0.2) is 42.2 Å². The van der Waals surface area contributed by atoms with Gasteiger partial charge in [-0.25, -0.2) is 0 Å². The Kier molecular flexibility index (Phi) is 9.40. The number of imide groups is 1. The SMILES string of the molecule is CCOc1cc(/C=C2/SC(=O)N(CC(=O)Nc3ccc(OC)cc3)C2=O)cc(Cl)c1OCc1ccccc1Cl. The highest BCUT2D eigenvalue weighted by Gasteiger charge is 2.36. The summed E-state index contributed by atoms with van der Waals surface area (Å²) < 4.78 is 16.8. The van der Waals surface area contributed by atoms with Gasteiger partial charge in [-0.15, -0.1) is 0 Å². The minimum atomic E-state index is -0.581. The van der Waals surface area contributed by atoms with Gasteiger partial charge in [0.2, 0.25) is 5.91 Å². The Hall–Kier alpha value is -3.66. The van der Waals surface area contributed by atoms with Crippen molar-refractivity contribution in [1.29, 1.82) is 0 Å². The van der Waals surface area contributed by atoms with E-state index in [0.29, 0.717) is 40.1 Å². The van der Waals surface area contributed by atoms with Crippen LogP contribution in [-0.2, 0) is 16.2 Å². The molecule has 0 bridgehead atoms. The number of methoxy groups -OCH3 is 1. The number of anilines is 1. The largest absolute Gasteiger partial charge is 0.497 e. The highest BCUT2D eigenvalue weighted by Crippen LogP contribution is 2.40. The lowest BCUT2D eigenvalue weighted by molar-refractivity contribution is -0.127. The molecular weight excluding hydrogens is 563 g/mol. The summed E-state index contributed by atoms with van der Waals surface area (Å²) in [7, 11) is 1.54. The highest BCUT2D eigenvalue weighted by atomic mass is 35.5. The number of halogens is 2. The van der Waals surface area contributed by atoms with Crippen molar-refractivity contribution in [2.24, 2.45) is 0 Å². The maximum absolute atomic E-state index is 13.0. The van der Waals surface area contributed by atoms with E-state index in [4.69, 9.17) is 37.4 Å². The number of amides is 3. The normalized spacial score (nSPS) is 14.1. The van der Waals surface area contributed by atoms with Crippen molar-refractivity contribution in [3.05, 3.63) is 86.7 Å². The molecule has 1 aliphatic rings. The first-order valence-corrected chi connectivity index (χ1v) is 13.4. The molecule has 3 aromatic carbocycles. The molecule has 0 aliphatic carbocycles. The zero-order chi connectivity index (χ0) is 27.9. The second kappa shape index (κ2) is 12.9. The van der Waals surface area contributed by atoms with Crippen LogP contribution in [0, 0.1) is 0 Å². The molecule has 3 amide bonds. The fourth-order valence-electron chi connectivity index (χ4n) is 3.65. The summed E-state index contributed by atoms with van der Waals surface area (Å²) in [5.74, 6) is 0.255. The number of nitrogens with one attached hydrogen (secondary N) is 1. The smallest absolute Gasteiger partial charge is 0.294 e. The van der Waals surface area contributed by atoms with Crippen LogP contribution in [0.4, 0.5) is 10.5 Å². The van der Waals surface area contributed by atoms with Crippen molar-refractivity contribution in [3.63, 3.8) is 0 Å². The van der Waals surface area contributed by atoms with Crippen molar-refractivity contribution in [3.8, 4) is 17.2 Å². The van der Waals surface area contributed by atoms with Gasteiger partial charge in [-0.05, 0) is 72.8 Å². The van der Waals surface area contributed by atoms with Crippen LogP contribution in [0.5, 0.6) is 17.2 Å². The predicted octanol–water partition coefficient (Wildman–Crippen LogP) is 6.65. The summed E-state index contributed by atoms with van der Waals surface area (Å²) in [4.78, 5) is 39.0. The fourth-order valence-corrected chi connectivity index (χ4v) is 4.95. The fraction of sp³-hybridized carbons (Fsp3) is 0.179. The molecular formula is C28H24Cl2N2O6S. The molecule has 1 fully saturated rings. The van der Waals surface area contributed by atoms with Gasteiger partial charge in [-0.3, -0.25) is 19.3 Å². The Morgan fingerprint density at radius 1 is 1.03 bits per heavy atom. The van der Waals surface area contributed by atoms with Gasteiger partial charge in [0.1, 0.15) is 18.9 Å². The lowest BCUT2D eigenvalue weighted by Crippen LogP contribution is -2.36. The first-order valence-electron chi connectivity index (χ1n) is 11.8. The second-order valence-electron chi connectivity index (χ2n) is 8.19. The van der Waals surface area contributed by atoms with Crippen LogP contribution in [0.3, 0.4) is 0 Å². The van der Waals surface area contributed by atoms with Gasteiger partial charge in [0, 0.05) is 16.3 Å². The number of benzene rings is 3. The molecule has 0 spiro atoms. The van der Waals surface area contributed by atoms with Crippen LogP contribution in [0.25, 0.3) is 6.08 Å². The summed E-state index contributed by atoms with van der Waals surface area (Å²) in [5, 5.41) is 2.94. The number of carbonyl (C=O) groups is 3. The summed E-state index contributed by atoms with van der Waals surface area (Å²) in [6.07, 6.45) is 1.53. The van der Waals surface area contributed by atoms with E-state index in [0.717, 1.165) is 22.2 Å². The number of nitrogens with zero attached hydrogens (tertiary/aromatic N) is 1. The van der Waals surface area contributed by atoms with E-state index >= 15 is 0 Å². The maximum atomic E-state index is 13.0. The molecule has 4 rings (SSSR count). The number of rotatable bonds is 10. The van der Waals surface area contributed by atoms with Crippen LogP contribution >= 0.6 is 35.0 Å². The van der Waals surface area contributed by atoms with Gasteiger partial charge in [0.25, 0.3) is 11.1 Å². The zero-order valence-corrected chi connectivity index (χ0v) is 23.4. The third-order valence-electron chi connectivity index (χ3n) is 5.51. The summed E-state index contributed by atoms with van der Waals surface area (Å²) in [6, 6.07) is 17.3. The molecule has 3 aromatic rings. The Morgan fingerprint density at radius 2 is 1.77 bits per heavy atom. The van der Waals surface area contributed by atoms with Gasteiger partial charge in [-0.1, -0.05) is 41.4 Å². The molecule has 39 heavy (non-hydrogen) atoms. The number of hydrogen-bond acceptors (Lipinski definition) is 7. The molecule has 202 valence electrons. The van der Waals surface area contributed by atoms with E-state index in [-0.39, 0.29) is 16.5 Å². The van der Waals surface area contributed by atoms with Gasteiger partial charge < -0.3 is 19.5 Å². The summed E-state index contributed by atoms with van der Waals surface area (Å²) >= 11 is 13.5. The first-order chi connectivity index (χ1) is 18.8.